The third-order valence-corrected chi connectivity index (χ3v) is 2.42. The smallest absolute Gasteiger partial charge is 0.123 e. The predicted octanol–water partition coefficient (Wildman–Crippen LogP) is 3.87. The zero-order valence-electron chi connectivity index (χ0n) is 10.9. The van der Waals surface area contributed by atoms with Crippen LogP contribution in [-0.4, -0.2) is 14.2 Å². The number of anilines is 1. The number of methoxy groups -OCH3 is 1. The summed E-state index contributed by atoms with van der Waals surface area (Å²) in [5.41, 5.74) is 1.98. The third kappa shape index (κ3) is 4.45. The van der Waals surface area contributed by atoms with Gasteiger partial charge >= 0.3 is 0 Å². The van der Waals surface area contributed by atoms with Gasteiger partial charge in [0.2, 0.25) is 0 Å². The highest BCUT2D eigenvalue weighted by molar-refractivity contribution is 5.41. The summed E-state index contributed by atoms with van der Waals surface area (Å²) in [5, 5.41) is 3.03. The number of benzene rings is 2. The Balaban J connectivity index is 0.000000184. The topological polar surface area (TPSA) is 21.3 Å². The summed E-state index contributed by atoms with van der Waals surface area (Å²) in [6.07, 6.45) is 0. The second-order valence-corrected chi connectivity index (χ2v) is 3.73. The Labute approximate surface area is 107 Å². The van der Waals surface area contributed by atoms with Crippen molar-refractivity contribution in [3.05, 3.63) is 59.9 Å². The molecule has 0 amide bonds. The van der Waals surface area contributed by atoms with Crippen LogP contribution in [-0.2, 0) is 0 Å². The van der Waals surface area contributed by atoms with Crippen LogP contribution in [0.4, 0.5) is 10.1 Å². The van der Waals surface area contributed by atoms with Crippen molar-refractivity contribution in [3.8, 4) is 5.75 Å². The van der Waals surface area contributed by atoms with E-state index < -0.39 is 0 Å². The summed E-state index contributed by atoms with van der Waals surface area (Å²) in [6, 6.07) is 14.5. The Bertz CT molecular complexity index is 471. The van der Waals surface area contributed by atoms with Crippen molar-refractivity contribution in [1.82, 2.24) is 0 Å². The van der Waals surface area contributed by atoms with E-state index in [0.717, 1.165) is 17.0 Å². The van der Waals surface area contributed by atoms with Crippen LogP contribution in [0.2, 0.25) is 0 Å². The van der Waals surface area contributed by atoms with Gasteiger partial charge in [-0.15, -0.1) is 0 Å². The summed E-state index contributed by atoms with van der Waals surface area (Å²) in [4.78, 5) is 0. The van der Waals surface area contributed by atoms with Crippen LogP contribution in [0.1, 0.15) is 5.56 Å². The van der Waals surface area contributed by atoms with E-state index in [1.807, 2.05) is 44.3 Å². The monoisotopic (exact) mass is 247 g/mol. The Hall–Kier alpha value is -2.03. The molecule has 3 heteroatoms. The molecule has 2 aromatic carbocycles. The zero-order valence-corrected chi connectivity index (χ0v) is 10.9. The van der Waals surface area contributed by atoms with E-state index in [4.69, 9.17) is 4.74 Å². The van der Waals surface area contributed by atoms with Gasteiger partial charge in [0.15, 0.2) is 0 Å². The van der Waals surface area contributed by atoms with Crippen molar-refractivity contribution in [2.45, 2.75) is 6.92 Å². The first-order valence-electron chi connectivity index (χ1n) is 5.70. The van der Waals surface area contributed by atoms with Crippen molar-refractivity contribution in [2.75, 3.05) is 19.5 Å². The normalized spacial score (nSPS) is 9.11. The molecule has 0 radical (unpaired) electrons. The molecule has 2 rings (SSSR count). The van der Waals surface area contributed by atoms with Gasteiger partial charge in [0.25, 0.3) is 0 Å². The first-order valence-corrected chi connectivity index (χ1v) is 5.70. The fourth-order valence-corrected chi connectivity index (χ4v) is 1.45. The largest absolute Gasteiger partial charge is 0.496 e. The quantitative estimate of drug-likeness (QED) is 0.869. The molecular formula is C15H18FNO. The second-order valence-electron chi connectivity index (χ2n) is 3.73. The van der Waals surface area contributed by atoms with E-state index in [2.05, 4.69) is 5.32 Å². The van der Waals surface area contributed by atoms with Crippen LogP contribution in [0.5, 0.6) is 5.75 Å². The van der Waals surface area contributed by atoms with E-state index in [-0.39, 0.29) is 5.82 Å². The molecule has 0 heterocycles. The van der Waals surface area contributed by atoms with Gasteiger partial charge in [-0.05, 0) is 42.8 Å². The molecule has 1 N–H and O–H groups in total. The Morgan fingerprint density at radius 2 is 1.72 bits per heavy atom. The van der Waals surface area contributed by atoms with Gasteiger partial charge in [0, 0.05) is 12.7 Å². The fourth-order valence-electron chi connectivity index (χ4n) is 1.45. The molecule has 0 aliphatic heterocycles. The van der Waals surface area contributed by atoms with Crippen molar-refractivity contribution in [1.29, 1.82) is 0 Å². The van der Waals surface area contributed by atoms with Gasteiger partial charge in [0.05, 0.1) is 7.11 Å². The number of aryl methyl sites for hydroxylation is 1. The third-order valence-electron chi connectivity index (χ3n) is 2.42. The highest BCUT2D eigenvalue weighted by atomic mass is 19.1. The molecule has 0 atom stereocenters. The SMILES string of the molecule is CNc1ccccc1.COc1ccc(F)cc1C. The molecule has 0 aromatic heterocycles. The molecule has 0 aliphatic rings. The average Bonchev–Trinajstić information content (AvgIpc) is 2.40. The van der Waals surface area contributed by atoms with Crippen molar-refractivity contribution >= 4 is 5.69 Å². The maximum atomic E-state index is 12.4. The molecule has 0 aliphatic carbocycles. The van der Waals surface area contributed by atoms with Crippen LogP contribution in [0.15, 0.2) is 48.5 Å². The highest BCUT2D eigenvalue weighted by Crippen LogP contribution is 2.16. The zero-order chi connectivity index (χ0) is 13.4. The number of hydrogen-bond donors (Lipinski definition) is 1. The lowest BCUT2D eigenvalue weighted by Gasteiger charge is -2.01. The number of para-hydroxylation sites is 1. The highest BCUT2D eigenvalue weighted by Gasteiger charge is 1.96. The van der Waals surface area contributed by atoms with E-state index in [9.17, 15) is 4.39 Å². The summed E-state index contributed by atoms with van der Waals surface area (Å²) in [5.74, 6) is 0.500. The van der Waals surface area contributed by atoms with Gasteiger partial charge in [-0.3, -0.25) is 0 Å². The molecule has 0 unspecified atom stereocenters. The lowest BCUT2D eigenvalue weighted by Crippen LogP contribution is -1.86. The van der Waals surface area contributed by atoms with Crippen molar-refractivity contribution in [3.63, 3.8) is 0 Å². The molecule has 0 spiro atoms. The van der Waals surface area contributed by atoms with Crippen LogP contribution in [0.3, 0.4) is 0 Å². The maximum Gasteiger partial charge on any atom is 0.123 e. The maximum absolute atomic E-state index is 12.4. The van der Waals surface area contributed by atoms with Crippen LogP contribution in [0.25, 0.3) is 0 Å². The van der Waals surface area contributed by atoms with Crippen molar-refractivity contribution in [2.24, 2.45) is 0 Å². The fraction of sp³-hybridized carbons (Fsp3) is 0.200. The first-order chi connectivity index (χ1) is 8.67. The minimum Gasteiger partial charge on any atom is -0.496 e. The van der Waals surface area contributed by atoms with Gasteiger partial charge in [-0.2, -0.15) is 0 Å². The Morgan fingerprint density at radius 3 is 2.17 bits per heavy atom. The molecule has 0 saturated carbocycles. The molecule has 0 fully saturated rings. The minimum atomic E-state index is -0.224. The van der Waals surface area contributed by atoms with Gasteiger partial charge in [0.1, 0.15) is 11.6 Å². The minimum absolute atomic E-state index is 0.224. The summed E-state index contributed by atoms with van der Waals surface area (Å²) < 4.78 is 17.4. The van der Waals surface area contributed by atoms with Crippen molar-refractivity contribution < 1.29 is 9.13 Å². The van der Waals surface area contributed by atoms with E-state index in [1.165, 1.54) is 12.1 Å². The number of ether oxygens (including phenoxy) is 1. The second kappa shape index (κ2) is 7.33. The summed E-state index contributed by atoms with van der Waals surface area (Å²) in [6.45, 7) is 1.81. The lowest BCUT2D eigenvalue weighted by atomic mass is 10.2. The van der Waals surface area contributed by atoms with Crippen LogP contribution >= 0.6 is 0 Å². The van der Waals surface area contributed by atoms with Gasteiger partial charge in [-0.1, -0.05) is 18.2 Å². The molecule has 2 nitrogen and oxygen atoms in total. The molecule has 2 aromatic rings. The molecule has 0 saturated heterocycles. The summed E-state index contributed by atoms with van der Waals surface area (Å²) >= 11 is 0. The molecule has 18 heavy (non-hydrogen) atoms. The Morgan fingerprint density at radius 1 is 1.06 bits per heavy atom. The number of nitrogens with one attached hydrogen (secondary N) is 1. The Kier molecular flexibility index (Phi) is 5.71. The molecular weight excluding hydrogens is 229 g/mol. The van der Waals surface area contributed by atoms with E-state index in [1.54, 1.807) is 13.2 Å². The average molecular weight is 247 g/mol. The number of hydrogen-bond acceptors (Lipinski definition) is 2. The summed E-state index contributed by atoms with van der Waals surface area (Å²) in [7, 11) is 3.48. The van der Waals surface area contributed by atoms with Crippen LogP contribution in [0, 0.1) is 12.7 Å². The van der Waals surface area contributed by atoms with Gasteiger partial charge in [-0.25, -0.2) is 4.39 Å². The molecule has 96 valence electrons. The molecule has 0 bridgehead atoms. The predicted molar refractivity (Wildman–Crippen MR) is 73.7 cm³/mol. The van der Waals surface area contributed by atoms with E-state index >= 15 is 0 Å². The lowest BCUT2D eigenvalue weighted by molar-refractivity contribution is 0.410. The number of halogens is 1. The number of rotatable bonds is 2. The van der Waals surface area contributed by atoms with E-state index in [0.29, 0.717) is 0 Å². The standard InChI is InChI=1S/C8H9FO.C7H9N/c1-6-5-7(9)3-4-8(6)10-2;1-8-7-5-3-2-4-6-7/h3-5H,1-2H3;2-6,8H,1H3. The first kappa shape index (κ1) is 14.0. The van der Waals surface area contributed by atoms with Crippen LogP contribution < -0.4 is 10.1 Å². The van der Waals surface area contributed by atoms with Gasteiger partial charge < -0.3 is 10.1 Å².